The van der Waals surface area contributed by atoms with Crippen molar-refractivity contribution in [2.24, 2.45) is 0 Å². The zero-order valence-corrected chi connectivity index (χ0v) is 13.6. The Morgan fingerprint density at radius 1 is 1.38 bits per heavy atom. The standard InChI is InChI=1S/C17H20N4O3/c1-12(14-7-6-13-4-2-3-5-15(13)8-14)19-17(22)10-20-9-16(18-11-20)21(23)24/h6-9,11-12H,2-5,10H2,1H3,(H,19,22)/t12-/m1/s1. The second-order valence-corrected chi connectivity index (χ2v) is 6.19. The van der Waals surface area contributed by atoms with Crippen LogP contribution >= 0.6 is 0 Å². The van der Waals surface area contributed by atoms with Crippen molar-refractivity contribution in [2.75, 3.05) is 0 Å². The number of aromatic nitrogens is 2. The van der Waals surface area contributed by atoms with Crippen molar-refractivity contribution in [3.05, 3.63) is 57.5 Å². The lowest BCUT2D eigenvalue weighted by Crippen LogP contribution is -2.30. The fourth-order valence-corrected chi connectivity index (χ4v) is 3.09. The van der Waals surface area contributed by atoms with Crippen molar-refractivity contribution < 1.29 is 9.72 Å². The first kappa shape index (κ1) is 16.2. The molecule has 0 saturated carbocycles. The van der Waals surface area contributed by atoms with E-state index < -0.39 is 4.92 Å². The molecule has 1 aromatic heterocycles. The van der Waals surface area contributed by atoms with Gasteiger partial charge in [0.15, 0.2) is 0 Å². The minimum atomic E-state index is -0.579. The molecule has 1 aliphatic rings. The number of carbonyl (C=O) groups excluding carboxylic acids is 1. The number of benzene rings is 1. The van der Waals surface area contributed by atoms with Gasteiger partial charge in [-0.1, -0.05) is 18.2 Å². The third-order valence-electron chi connectivity index (χ3n) is 4.38. The highest BCUT2D eigenvalue weighted by Gasteiger charge is 2.16. The minimum absolute atomic E-state index is 0.0100. The molecule has 0 unspecified atom stereocenters. The Hall–Kier alpha value is -2.70. The van der Waals surface area contributed by atoms with Crippen LogP contribution in [0.2, 0.25) is 0 Å². The quantitative estimate of drug-likeness (QED) is 0.674. The second-order valence-electron chi connectivity index (χ2n) is 6.19. The molecule has 7 heteroatoms. The van der Waals surface area contributed by atoms with Crippen LogP contribution in [0.25, 0.3) is 0 Å². The number of nitrogens with zero attached hydrogens (tertiary/aromatic N) is 3. The predicted molar refractivity (Wildman–Crippen MR) is 88.5 cm³/mol. The van der Waals surface area contributed by atoms with E-state index in [1.807, 2.05) is 6.92 Å². The Kier molecular flexibility index (Phi) is 4.59. The molecule has 0 radical (unpaired) electrons. The SMILES string of the molecule is C[C@@H](NC(=O)Cn1cnc([N+](=O)[O-])c1)c1ccc2c(c1)CCCC2. The fourth-order valence-electron chi connectivity index (χ4n) is 3.09. The van der Waals surface area contributed by atoms with E-state index in [2.05, 4.69) is 28.5 Å². The van der Waals surface area contributed by atoms with Crippen molar-refractivity contribution in [1.29, 1.82) is 0 Å². The van der Waals surface area contributed by atoms with Crippen LogP contribution < -0.4 is 5.32 Å². The molecule has 0 saturated heterocycles. The zero-order chi connectivity index (χ0) is 17.1. The molecule has 7 nitrogen and oxygen atoms in total. The Balaban J connectivity index is 1.62. The molecule has 0 fully saturated rings. The van der Waals surface area contributed by atoms with Gasteiger partial charge in [0.2, 0.25) is 12.2 Å². The molecule has 1 amide bonds. The van der Waals surface area contributed by atoms with Crippen LogP contribution in [-0.2, 0) is 24.2 Å². The van der Waals surface area contributed by atoms with Gasteiger partial charge in [-0.3, -0.25) is 4.79 Å². The van der Waals surface area contributed by atoms with Gasteiger partial charge in [0, 0.05) is 0 Å². The summed E-state index contributed by atoms with van der Waals surface area (Å²) in [4.78, 5) is 25.8. The predicted octanol–water partition coefficient (Wildman–Crippen LogP) is 2.55. The molecule has 1 heterocycles. The van der Waals surface area contributed by atoms with Crippen LogP contribution in [-0.4, -0.2) is 20.4 Å². The van der Waals surface area contributed by atoms with Crippen LogP contribution in [0.1, 0.15) is 42.5 Å². The first-order valence-electron chi connectivity index (χ1n) is 8.10. The number of carbonyl (C=O) groups is 1. The van der Waals surface area contributed by atoms with Crippen molar-refractivity contribution in [3.8, 4) is 0 Å². The van der Waals surface area contributed by atoms with Crippen molar-refractivity contribution in [2.45, 2.75) is 45.2 Å². The number of fused-ring (bicyclic) bond motifs is 1. The molecule has 1 aromatic carbocycles. The van der Waals surface area contributed by atoms with Crippen LogP contribution in [0.15, 0.2) is 30.7 Å². The molecule has 126 valence electrons. The van der Waals surface area contributed by atoms with Gasteiger partial charge in [-0.25, -0.2) is 0 Å². The van der Waals surface area contributed by atoms with Gasteiger partial charge in [-0.05, 0) is 59.2 Å². The molecular formula is C17H20N4O3. The van der Waals surface area contributed by atoms with Crippen molar-refractivity contribution in [1.82, 2.24) is 14.9 Å². The maximum Gasteiger partial charge on any atom is 0.381 e. The lowest BCUT2D eigenvalue weighted by atomic mass is 9.89. The number of hydrogen-bond acceptors (Lipinski definition) is 4. The highest BCUT2D eigenvalue weighted by molar-refractivity contribution is 5.76. The third kappa shape index (κ3) is 3.61. The number of aryl methyl sites for hydroxylation is 2. The van der Waals surface area contributed by atoms with Crippen molar-refractivity contribution in [3.63, 3.8) is 0 Å². The summed E-state index contributed by atoms with van der Waals surface area (Å²) in [5.41, 5.74) is 3.87. The largest absolute Gasteiger partial charge is 0.381 e. The van der Waals surface area contributed by atoms with E-state index >= 15 is 0 Å². The summed E-state index contributed by atoms with van der Waals surface area (Å²) < 4.78 is 1.41. The van der Waals surface area contributed by atoms with Gasteiger partial charge < -0.3 is 20.0 Å². The molecule has 1 atom stereocenters. The number of nitrogens with one attached hydrogen (secondary N) is 1. The molecule has 3 rings (SSSR count). The lowest BCUT2D eigenvalue weighted by molar-refractivity contribution is -0.389. The van der Waals surface area contributed by atoms with E-state index in [1.165, 1.54) is 41.1 Å². The first-order valence-corrected chi connectivity index (χ1v) is 8.10. The highest BCUT2D eigenvalue weighted by Crippen LogP contribution is 2.24. The summed E-state index contributed by atoms with van der Waals surface area (Å²) in [7, 11) is 0. The average molecular weight is 328 g/mol. The smallest absolute Gasteiger partial charge is 0.358 e. The molecule has 0 bridgehead atoms. The molecule has 0 spiro atoms. The van der Waals surface area contributed by atoms with Crippen LogP contribution in [0.4, 0.5) is 5.82 Å². The van der Waals surface area contributed by atoms with Crippen LogP contribution in [0.3, 0.4) is 0 Å². The zero-order valence-electron chi connectivity index (χ0n) is 13.6. The first-order chi connectivity index (χ1) is 11.5. The van der Waals surface area contributed by atoms with E-state index in [-0.39, 0.29) is 24.3 Å². The number of rotatable bonds is 5. The third-order valence-corrected chi connectivity index (χ3v) is 4.38. The number of nitro groups is 1. The second kappa shape index (κ2) is 6.82. The van der Waals surface area contributed by atoms with Gasteiger partial charge in [0.25, 0.3) is 0 Å². The van der Waals surface area contributed by atoms with Crippen molar-refractivity contribution >= 4 is 11.7 Å². The minimum Gasteiger partial charge on any atom is -0.358 e. The summed E-state index contributed by atoms with van der Waals surface area (Å²) >= 11 is 0. The topological polar surface area (TPSA) is 90.1 Å². The lowest BCUT2D eigenvalue weighted by Gasteiger charge is -2.20. The molecular weight excluding hydrogens is 308 g/mol. The molecule has 0 aliphatic heterocycles. The van der Waals surface area contributed by atoms with E-state index in [0.29, 0.717) is 0 Å². The molecule has 1 N–H and O–H groups in total. The maximum atomic E-state index is 12.1. The number of hydrogen-bond donors (Lipinski definition) is 1. The molecule has 1 aliphatic carbocycles. The fraction of sp³-hybridized carbons (Fsp3) is 0.412. The van der Waals surface area contributed by atoms with Crippen LogP contribution in [0.5, 0.6) is 0 Å². The normalized spacial score (nSPS) is 14.7. The summed E-state index contributed by atoms with van der Waals surface area (Å²) in [5.74, 6) is -0.460. The average Bonchev–Trinajstić information content (AvgIpc) is 3.03. The van der Waals surface area contributed by atoms with E-state index in [1.54, 1.807) is 0 Å². The summed E-state index contributed by atoms with van der Waals surface area (Å²) in [6, 6.07) is 6.30. The summed E-state index contributed by atoms with van der Waals surface area (Å²) in [6.45, 7) is 1.95. The summed E-state index contributed by atoms with van der Waals surface area (Å²) in [6.07, 6.45) is 7.25. The Morgan fingerprint density at radius 3 is 2.83 bits per heavy atom. The highest BCUT2D eigenvalue weighted by atomic mass is 16.6. The molecule has 2 aromatic rings. The number of imidazole rings is 1. The monoisotopic (exact) mass is 328 g/mol. The van der Waals surface area contributed by atoms with Gasteiger partial charge in [-0.15, -0.1) is 0 Å². The van der Waals surface area contributed by atoms with Gasteiger partial charge in [0.05, 0.1) is 6.04 Å². The van der Waals surface area contributed by atoms with E-state index in [0.717, 1.165) is 18.4 Å². The van der Waals surface area contributed by atoms with Crippen LogP contribution in [0, 0.1) is 10.1 Å². The van der Waals surface area contributed by atoms with Gasteiger partial charge in [-0.2, -0.15) is 0 Å². The Bertz CT molecular complexity index is 769. The van der Waals surface area contributed by atoms with Gasteiger partial charge >= 0.3 is 5.82 Å². The Labute approximate surface area is 139 Å². The van der Waals surface area contributed by atoms with Gasteiger partial charge in [0.1, 0.15) is 12.7 Å². The summed E-state index contributed by atoms with van der Waals surface area (Å²) in [5, 5.41) is 13.5. The van der Waals surface area contributed by atoms with E-state index in [9.17, 15) is 14.9 Å². The maximum absolute atomic E-state index is 12.1. The Morgan fingerprint density at radius 2 is 2.12 bits per heavy atom. The molecule has 24 heavy (non-hydrogen) atoms. The van der Waals surface area contributed by atoms with E-state index in [4.69, 9.17) is 0 Å². The number of amides is 1.